The third-order valence-corrected chi connectivity index (χ3v) is 3.82. The van der Waals surface area contributed by atoms with Crippen molar-refractivity contribution in [1.82, 2.24) is 0 Å². The van der Waals surface area contributed by atoms with Crippen LogP contribution in [-0.4, -0.2) is 12.0 Å². The molecule has 0 bridgehead atoms. The predicted octanol–water partition coefficient (Wildman–Crippen LogP) is 4.54. The van der Waals surface area contributed by atoms with E-state index in [1.54, 1.807) is 19.2 Å². The van der Waals surface area contributed by atoms with Crippen LogP contribution >= 0.6 is 15.9 Å². The largest absolute Gasteiger partial charge is 0.497 e. The van der Waals surface area contributed by atoms with Crippen LogP contribution in [0.2, 0.25) is 0 Å². The van der Waals surface area contributed by atoms with E-state index in [4.69, 9.17) is 4.74 Å². The molecule has 6 heteroatoms. The standard InChI is InChI=1S/C15H15BrN2O3/c1-10(11-4-3-5-12(8-11)18(19)20)17-15-9-13(21-2)6-7-14(15)16/h3-10,17H,1-2H3. The van der Waals surface area contributed by atoms with E-state index in [0.717, 1.165) is 21.5 Å². The second kappa shape index (κ2) is 6.58. The Morgan fingerprint density at radius 1 is 1.29 bits per heavy atom. The summed E-state index contributed by atoms with van der Waals surface area (Å²) in [5, 5.41) is 14.2. The number of methoxy groups -OCH3 is 1. The molecule has 2 rings (SSSR count). The Morgan fingerprint density at radius 3 is 2.71 bits per heavy atom. The number of anilines is 1. The molecule has 1 atom stereocenters. The van der Waals surface area contributed by atoms with Crippen molar-refractivity contribution in [2.45, 2.75) is 13.0 Å². The van der Waals surface area contributed by atoms with Crippen LogP contribution < -0.4 is 10.1 Å². The van der Waals surface area contributed by atoms with Crippen molar-refractivity contribution in [2.75, 3.05) is 12.4 Å². The maximum Gasteiger partial charge on any atom is 0.269 e. The molecule has 0 aliphatic rings. The quantitative estimate of drug-likeness (QED) is 0.635. The van der Waals surface area contributed by atoms with Crippen LogP contribution in [-0.2, 0) is 0 Å². The number of halogens is 1. The van der Waals surface area contributed by atoms with Crippen molar-refractivity contribution in [3.05, 3.63) is 62.6 Å². The Kier molecular flexibility index (Phi) is 4.80. The van der Waals surface area contributed by atoms with Gasteiger partial charge in [0.1, 0.15) is 5.75 Å². The second-order valence-electron chi connectivity index (χ2n) is 4.56. The minimum absolute atomic E-state index is 0.0756. The lowest BCUT2D eigenvalue weighted by atomic mass is 10.1. The fourth-order valence-electron chi connectivity index (χ4n) is 1.97. The highest BCUT2D eigenvalue weighted by molar-refractivity contribution is 9.10. The second-order valence-corrected chi connectivity index (χ2v) is 5.42. The van der Waals surface area contributed by atoms with E-state index < -0.39 is 4.92 Å². The van der Waals surface area contributed by atoms with Crippen LogP contribution in [0.15, 0.2) is 46.9 Å². The van der Waals surface area contributed by atoms with E-state index >= 15 is 0 Å². The maximum absolute atomic E-state index is 10.8. The molecule has 2 aromatic carbocycles. The molecule has 0 aliphatic carbocycles. The summed E-state index contributed by atoms with van der Waals surface area (Å²) in [5.41, 5.74) is 1.80. The molecule has 0 heterocycles. The predicted molar refractivity (Wildman–Crippen MR) is 85.8 cm³/mol. The Balaban J connectivity index is 2.23. The lowest BCUT2D eigenvalue weighted by Crippen LogP contribution is -2.07. The van der Waals surface area contributed by atoms with Crippen molar-refractivity contribution >= 4 is 27.3 Å². The fraction of sp³-hybridized carbons (Fsp3) is 0.200. The van der Waals surface area contributed by atoms with Crippen LogP contribution in [0, 0.1) is 10.1 Å². The summed E-state index contributed by atoms with van der Waals surface area (Å²) in [6.45, 7) is 1.95. The number of ether oxygens (including phenoxy) is 1. The van der Waals surface area contributed by atoms with Gasteiger partial charge >= 0.3 is 0 Å². The Labute approximate surface area is 131 Å². The van der Waals surface area contributed by atoms with Gasteiger partial charge < -0.3 is 10.1 Å². The molecule has 0 radical (unpaired) electrons. The van der Waals surface area contributed by atoms with Gasteiger partial charge in [-0.05, 0) is 40.5 Å². The first-order valence-electron chi connectivity index (χ1n) is 6.35. The Bertz CT molecular complexity index is 661. The highest BCUT2D eigenvalue weighted by Crippen LogP contribution is 2.30. The number of hydrogen-bond acceptors (Lipinski definition) is 4. The first kappa shape index (κ1) is 15.3. The molecule has 0 amide bonds. The maximum atomic E-state index is 10.8. The number of nitro benzene ring substituents is 1. The van der Waals surface area contributed by atoms with Gasteiger partial charge in [0.15, 0.2) is 0 Å². The van der Waals surface area contributed by atoms with Crippen molar-refractivity contribution in [3.63, 3.8) is 0 Å². The van der Waals surface area contributed by atoms with Gasteiger partial charge in [-0.2, -0.15) is 0 Å². The lowest BCUT2D eigenvalue weighted by molar-refractivity contribution is -0.384. The summed E-state index contributed by atoms with van der Waals surface area (Å²) >= 11 is 3.47. The molecule has 0 fully saturated rings. The molecule has 2 aromatic rings. The molecule has 0 spiro atoms. The molecule has 0 saturated carbocycles. The number of benzene rings is 2. The lowest BCUT2D eigenvalue weighted by Gasteiger charge is -2.17. The molecule has 5 nitrogen and oxygen atoms in total. The van der Waals surface area contributed by atoms with E-state index in [0.29, 0.717) is 0 Å². The molecule has 0 aromatic heterocycles. The molecule has 0 aliphatic heterocycles. The van der Waals surface area contributed by atoms with E-state index in [9.17, 15) is 10.1 Å². The summed E-state index contributed by atoms with van der Waals surface area (Å²) in [5.74, 6) is 0.743. The summed E-state index contributed by atoms with van der Waals surface area (Å²) in [6, 6.07) is 12.1. The zero-order valence-corrected chi connectivity index (χ0v) is 13.3. The highest BCUT2D eigenvalue weighted by atomic mass is 79.9. The zero-order chi connectivity index (χ0) is 15.4. The first-order chi connectivity index (χ1) is 10.0. The van der Waals surface area contributed by atoms with Crippen LogP contribution in [0.3, 0.4) is 0 Å². The van der Waals surface area contributed by atoms with Gasteiger partial charge in [0.2, 0.25) is 0 Å². The van der Waals surface area contributed by atoms with E-state index in [2.05, 4.69) is 21.2 Å². The molecule has 110 valence electrons. The molecule has 0 saturated heterocycles. The number of non-ortho nitro benzene ring substituents is 1. The summed E-state index contributed by atoms with van der Waals surface area (Å²) < 4.78 is 6.10. The van der Waals surface area contributed by atoms with Gasteiger partial charge in [0, 0.05) is 28.7 Å². The van der Waals surface area contributed by atoms with Crippen molar-refractivity contribution in [3.8, 4) is 5.75 Å². The number of nitro groups is 1. The van der Waals surface area contributed by atoms with E-state index in [1.807, 2.05) is 31.2 Å². The number of nitrogens with zero attached hydrogens (tertiary/aromatic N) is 1. The van der Waals surface area contributed by atoms with Crippen LogP contribution in [0.1, 0.15) is 18.5 Å². The van der Waals surface area contributed by atoms with Crippen molar-refractivity contribution in [1.29, 1.82) is 0 Å². The third-order valence-electron chi connectivity index (χ3n) is 3.13. The third kappa shape index (κ3) is 3.72. The van der Waals surface area contributed by atoms with Crippen LogP contribution in [0.25, 0.3) is 0 Å². The normalized spacial score (nSPS) is 11.8. The first-order valence-corrected chi connectivity index (χ1v) is 7.15. The summed E-state index contributed by atoms with van der Waals surface area (Å²) in [4.78, 5) is 10.4. The van der Waals surface area contributed by atoms with E-state index in [-0.39, 0.29) is 11.7 Å². The SMILES string of the molecule is COc1ccc(Br)c(NC(C)c2cccc([N+](=O)[O-])c2)c1. The number of nitrogens with one attached hydrogen (secondary N) is 1. The van der Waals surface area contributed by atoms with Gasteiger partial charge in [-0.3, -0.25) is 10.1 Å². The highest BCUT2D eigenvalue weighted by Gasteiger charge is 2.12. The zero-order valence-electron chi connectivity index (χ0n) is 11.7. The van der Waals surface area contributed by atoms with Crippen LogP contribution in [0.5, 0.6) is 5.75 Å². The molecular weight excluding hydrogens is 336 g/mol. The van der Waals surface area contributed by atoms with Gasteiger partial charge in [-0.1, -0.05) is 12.1 Å². The monoisotopic (exact) mass is 350 g/mol. The number of hydrogen-bond donors (Lipinski definition) is 1. The Hall–Kier alpha value is -2.08. The average Bonchev–Trinajstić information content (AvgIpc) is 2.49. The smallest absolute Gasteiger partial charge is 0.269 e. The van der Waals surface area contributed by atoms with Gasteiger partial charge in [0.05, 0.1) is 17.7 Å². The molecule has 21 heavy (non-hydrogen) atoms. The Morgan fingerprint density at radius 2 is 2.05 bits per heavy atom. The van der Waals surface area contributed by atoms with E-state index in [1.165, 1.54) is 6.07 Å². The van der Waals surface area contributed by atoms with Crippen LogP contribution in [0.4, 0.5) is 11.4 Å². The fourth-order valence-corrected chi connectivity index (χ4v) is 2.33. The van der Waals surface area contributed by atoms with Crippen molar-refractivity contribution in [2.24, 2.45) is 0 Å². The summed E-state index contributed by atoms with van der Waals surface area (Å²) in [7, 11) is 1.61. The molecule has 1 unspecified atom stereocenters. The number of rotatable bonds is 5. The minimum atomic E-state index is -0.391. The topological polar surface area (TPSA) is 64.4 Å². The molecular formula is C15H15BrN2O3. The summed E-state index contributed by atoms with van der Waals surface area (Å²) in [6.07, 6.45) is 0. The van der Waals surface area contributed by atoms with Gasteiger partial charge in [0.25, 0.3) is 5.69 Å². The minimum Gasteiger partial charge on any atom is -0.497 e. The van der Waals surface area contributed by atoms with Gasteiger partial charge in [-0.15, -0.1) is 0 Å². The molecule has 1 N–H and O–H groups in total. The van der Waals surface area contributed by atoms with Crippen molar-refractivity contribution < 1.29 is 9.66 Å². The van der Waals surface area contributed by atoms with Gasteiger partial charge in [-0.25, -0.2) is 0 Å². The average molecular weight is 351 g/mol.